The zero-order valence-electron chi connectivity index (χ0n) is 21.7. The molecule has 2 aliphatic heterocycles. The van der Waals surface area contributed by atoms with Crippen LogP contribution in [0, 0.1) is 28.6 Å². The largest absolute Gasteiger partial charge is 0.393 e. The van der Waals surface area contributed by atoms with Gasteiger partial charge in [-0.25, -0.2) is 0 Å². The molecule has 1 unspecified atom stereocenters. The second kappa shape index (κ2) is 6.77. The molecule has 0 aromatic carbocycles. The molecule has 2 saturated heterocycles. The molecule has 0 radical (unpaired) electrons. The minimum absolute atomic E-state index is 0.0469. The lowest BCUT2D eigenvalue weighted by molar-refractivity contribution is -0.274. The Labute approximate surface area is 205 Å². The highest BCUT2D eigenvalue weighted by atomic mass is 16.7. The van der Waals surface area contributed by atoms with E-state index in [2.05, 4.69) is 27.7 Å². The Bertz CT molecular complexity index is 880. The molecule has 6 fully saturated rings. The fraction of sp³-hybridized carbons (Fsp3) is 1.00. The Kier molecular flexibility index (Phi) is 4.80. The van der Waals surface area contributed by atoms with Crippen molar-refractivity contribution >= 4 is 0 Å². The van der Waals surface area contributed by atoms with Crippen molar-refractivity contribution in [2.45, 2.75) is 132 Å². The fourth-order valence-corrected chi connectivity index (χ4v) is 10.6. The first-order valence-corrected chi connectivity index (χ1v) is 13.9. The van der Waals surface area contributed by atoms with E-state index in [-0.39, 0.29) is 34.9 Å². The van der Waals surface area contributed by atoms with Crippen LogP contribution in [0.4, 0.5) is 0 Å². The number of rotatable bonds is 0. The van der Waals surface area contributed by atoms with Gasteiger partial charge in [0.05, 0.1) is 24.4 Å². The van der Waals surface area contributed by atoms with Gasteiger partial charge in [0.2, 0.25) is 0 Å². The summed E-state index contributed by atoms with van der Waals surface area (Å²) in [6.07, 6.45) is 8.02. The van der Waals surface area contributed by atoms with Gasteiger partial charge in [0.25, 0.3) is 0 Å². The standard InChI is InChI=1S/C27H48N4O3/c1-16-5-10-25(33-15-16)17(2)27(31)20(34-25)14-26(30)22(27,4)9-7-19-21(3)8-6-18(32)13-23(21,28)11-12-24(19,26)29/h16-20,32H,5-15,28-31H2,1-4H3/t16?,17-,18+,19-,20+,21-,22+,23+,24+,25-,26+,27-/m1/s1. The zero-order chi connectivity index (χ0) is 24.6. The summed E-state index contributed by atoms with van der Waals surface area (Å²) in [4.78, 5) is 0. The van der Waals surface area contributed by atoms with Crippen LogP contribution in [0.25, 0.3) is 0 Å². The summed E-state index contributed by atoms with van der Waals surface area (Å²) in [5.41, 5.74) is 27.1. The molecule has 4 aliphatic carbocycles. The minimum Gasteiger partial charge on any atom is -0.393 e. The molecule has 1 spiro atoms. The van der Waals surface area contributed by atoms with Gasteiger partial charge < -0.3 is 37.5 Å². The first-order valence-electron chi connectivity index (χ1n) is 13.9. The number of hydrogen-bond acceptors (Lipinski definition) is 7. The van der Waals surface area contributed by atoms with Gasteiger partial charge in [-0.2, -0.15) is 0 Å². The Morgan fingerprint density at radius 3 is 2.26 bits per heavy atom. The van der Waals surface area contributed by atoms with Crippen molar-refractivity contribution in [3.63, 3.8) is 0 Å². The lowest BCUT2D eigenvalue weighted by Gasteiger charge is -2.72. The lowest BCUT2D eigenvalue weighted by Crippen LogP contribution is -2.85. The van der Waals surface area contributed by atoms with Crippen molar-refractivity contribution in [3.05, 3.63) is 0 Å². The number of fused-ring (bicyclic) bond motifs is 7. The molecular formula is C27H48N4O3. The molecule has 34 heavy (non-hydrogen) atoms. The number of nitrogens with two attached hydrogens (primary N) is 4. The van der Waals surface area contributed by atoms with E-state index >= 15 is 0 Å². The monoisotopic (exact) mass is 476 g/mol. The topological polar surface area (TPSA) is 143 Å². The van der Waals surface area contributed by atoms with Crippen LogP contribution in [0.15, 0.2) is 0 Å². The average Bonchev–Trinajstić information content (AvgIpc) is 3.09. The third-order valence-corrected chi connectivity index (χ3v) is 13.2. The maximum atomic E-state index is 10.5. The maximum Gasteiger partial charge on any atom is 0.173 e. The van der Waals surface area contributed by atoms with Crippen molar-refractivity contribution < 1.29 is 14.6 Å². The van der Waals surface area contributed by atoms with Crippen molar-refractivity contribution in [1.82, 2.24) is 0 Å². The first-order chi connectivity index (χ1) is 15.7. The van der Waals surface area contributed by atoms with Crippen molar-refractivity contribution in [2.75, 3.05) is 6.61 Å². The predicted molar refractivity (Wildman–Crippen MR) is 131 cm³/mol. The highest BCUT2D eigenvalue weighted by Gasteiger charge is 2.82. The van der Waals surface area contributed by atoms with E-state index in [0.717, 1.165) is 58.0 Å². The Balaban J connectivity index is 1.39. The first kappa shape index (κ1) is 24.1. The van der Waals surface area contributed by atoms with Crippen LogP contribution in [0.3, 0.4) is 0 Å². The van der Waals surface area contributed by atoms with Gasteiger partial charge in [0.1, 0.15) is 0 Å². The molecule has 194 valence electrons. The highest BCUT2D eigenvalue weighted by Crippen LogP contribution is 2.73. The molecule has 2 heterocycles. The Morgan fingerprint density at radius 1 is 0.853 bits per heavy atom. The van der Waals surface area contributed by atoms with Gasteiger partial charge >= 0.3 is 0 Å². The van der Waals surface area contributed by atoms with Crippen LogP contribution in [-0.4, -0.2) is 51.9 Å². The van der Waals surface area contributed by atoms with E-state index in [1.807, 2.05) is 0 Å². The maximum absolute atomic E-state index is 10.5. The quantitative estimate of drug-likeness (QED) is 0.360. The molecule has 7 nitrogen and oxygen atoms in total. The number of ether oxygens (including phenoxy) is 2. The van der Waals surface area contributed by atoms with Gasteiger partial charge in [-0.3, -0.25) is 0 Å². The summed E-state index contributed by atoms with van der Waals surface area (Å²) in [5, 5.41) is 10.5. The molecule has 0 amide bonds. The zero-order valence-corrected chi connectivity index (χ0v) is 21.7. The van der Waals surface area contributed by atoms with Gasteiger partial charge in [0, 0.05) is 34.4 Å². The third-order valence-electron chi connectivity index (χ3n) is 13.2. The number of aliphatic hydroxyl groups is 1. The second-order valence-corrected chi connectivity index (χ2v) is 14.1. The van der Waals surface area contributed by atoms with Gasteiger partial charge in [-0.15, -0.1) is 0 Å². The van der Waals surface area contributed by atoms with E-state index in [0.29, 0.717) is 18.8 Å². The van der Waals surface area contributed by atoms with Crippen LogP contribution in [0.2, 0.25) is 0 Å². The number of hydrogen-bond donors (Lipinski definition) is 5. The molecule has 0 aromatic heterocycles. The van der Waals surface area contributed by atoms with E-state index in [4.69, 9.17) is 32.4 Å². The van der Waals surface area contributed by atoms with Crippen LogP contribution in [-0.2, 0) is 9.47 Å². The van der Waals surface area contributed by atoms with Crippen LogP contribution in [0.1, 0.15) is 91.9 Å². The highest BCUT2D eigenvalue weighted by molar-refractivity contribution is 5.38. The van der Waals surface area contributed by atoms with E-state index in [1.165, 1.54) is 0 Å². The van der Waals surface area contributed by atoms with Crippen LogP contribution >= 0.6 is 0 Å². The summed E-state index contributed by atoms with van der Waals surface area (Å²) in [6, 6.07) is 0. The van der Waals surface area contributed by atoms with E-state index in [1.54, 1.807) is 0 Å². The van der Waals surface area contributed by atoms with E-state index in [9.17, 15) is 5.11 Å². The van der Waals surface area contributed by atoms with E-state index < -0.39 is 27.9 Å². The molecule has 7 heteroatoms. The molecule has 12 atom stereocenters. The molecular weight excluding hydrogens is 428 g/mol. The van der Waals surface area contributed by atoms with Crippen LogP contribution < -0.4 is 22.9 Å². The third kappa shape index (κ3) is 2.40. The Morgan fingerprint density at radius 2 is 1.59 bits per heavy atom. The SMILES string of the molecule is CC1CC[C@@]2(OC1)O[C@H]1C[C@]3(N)[C@](C)(CC[C@@H]4[C@@]5(C)CC[C@H](O)C[C@@]5(N)CC[C@]43N)[C@@]1(N)[C@@H]2C. The minimum atomic E-state index is -0.638. The summed E-state index contributed by atoms with van der Waals surface area (Å²) < 4.78 is 13.3. The van der Waals surface area contributed by atoms with Crippen molar-refractivity contribution in [2.24, 2.45) is 51.5 Å². The predicted octanol–water partition coefficient (Wildman–Crippen LogP) is 2.12. The Hall–Kier alpha value is -0.280. The van der Waals surface area contributed by atoms with Crippen molar-refractivity contribution in [1.29, 1.82) is 0 Å². The smallest absolute Gasteiger partial charge is 0.173 e. The summed E-state index contributed by atoms with van der Waals surface area (Å²) >= 11 is 0. The molecule has 6 rings (SSSR count). The lowest BCUT2D eigenvalue weighted by atomic mass is 9.37. The second-order valence-electron chi connectivity index (χ2n) is 14.1. The molecule has 4 saturated carbocycles. The summed E-state index contributed by atoms with van der Waals surface area (Å²) in [5.74, 6) is 0.212. The molecule has 6 aliphatic rings. The van der Waals surface area contributed by atoms with Gasteiger partial charge in [-0.1, -0.05) is 27.7 Å². The van der Waals surface area contributed by atoms with Crippen LogP contribution in [0.5, 0.6) is 0 Å². The van der Waals surface area contributed by atoms with Gasteiger partial charge in [0.15, 0.2) is 5.79 Å². The number of aliphatic hydroxyl groups excluding tert-OH is 1. The normalized spacial score (nSPS) is 65.4. The molecule has 0 bridgehead atoms. The summed E-state index contributed by atoms with van der Waals surface area (Å²) in [7, 11) is 0. The average molecular weight is 477 g/mol. The van der Waals surface area contributed by atoms with Gasteiger partial charge in [-0.05, 0) is 75.0 Å². The molecule has 0 aromatic rings. The molecule has 9 N–H and O–H groups in total. The summed E-state index contributed by atoms with van der Waals surface area (Å²) in [6.45, 7) is 9.83. The van der Waals surface area contributed by atoms with Crippen molar-refractivity contribution in [3.8, 4) is 0 Å². The fourth-order valence-electron chi connectivity index (χ4n) is 10.6.